The minimum atomic E-state index is 0.631. The maximum Gasteiger partial charge on any atom is 0.227 e. The summed E-state index contributed by atoms with van der Waals surface area (Å²) in [5, 5.41) is 7.99. The molecule has 9 aromatic rings. The zero-order valence-electron chi connectivity index (χ0n) is 26.5. The molecular weight excluding hydrogens is 601 g/mol. The molecule has 0 atom stereocenters. The number of fused-ring (bicyclic) bond motifs is 7. The van der Waals surface area contributed by atoms with Gasteiger partial charge in [0.1, 0.15) is 5.76 Å². The largest absolute Gasteiger partial charge is 0.438 e. The molecule has 0 saturated heterocycles. The van der Waals surface area contributed by atoms with Crippen LogP contribution in [0.4, 0.5) is 0 Å². The van der Waals surface area contributed by atoms with Gasteiger partial charge in [-0.25, -0.2) is 19.9 Å². The average Bonchev–Trinajstić information content (AvgIpc) is 3.56. The quantitative estimate of drug-likeness (QED) is 0.194. The summed E-state index contributed by atoms with van der Waals surface area (Å²) in [6.07, 6.45) is 8.16. The Kier molecular flexibility index (Phi) is 6.24. The van der Waals surface area contributed by atoms with Crippen molar-refractivity contribution in [3.63, 3.8) is 0 Å². The Labute approximate surface area is 282 Å². The molecule has 0 radical (unpaired) electrons. The summed E-state index contributed by atoms with van der Waals surface area (Å²) in [5.41, 5.74) is 7.00. The molecule has 1 aliphatic carbocycles. The van der Waals surface area contributed by atoms with Crippen LogP contribution in [0.25, 0.3) is 94.8 Å². The smallest absolute Gasteiger partial charge is 0.227 e. The Morgan fingerprint density at radius 3 is 2.08 bits per heavy atom. The Bertz CT molecular complexity index is 2780. The van der Waals surface area contributed by atoms with Crippen molar-refractivity contribution in [1.29, 1.82) is 0 Å². The van der Waals surface area contributed by atoms with Gasteiger partial charge >= 0.3 is 0 Å². The van der Waals surface area contributed by atoms with Gasteiger partial charge in [-0.3, -0.25) is 0 Å². The molecule has 49 heavy (non-hydrogen) atoms. The molecule has 3 aromatic heterocycles. The van der Waals surface area contributed by atoms with Gasteiger partial charge in [0.25, 0.3) is 0 Å². The number of benzene rings is 6. The lowest BCUT2D eigenvalue weighted by molar-refractivity contribution is 0.584. The van der Waals surface area contributed by atoms with E-state index in [0.717, 1.165) is 73.4 Å². The van der Waals surface area contributed by atoms with E-state index in [1.807, 2.05) is 36.5 Å². The lowest BCUT2D eigenvalue weighted by Gasteiger charge is -2.13. The predicted octanol–water partition coefficient (Wildman–Crippen LogP) is 11.1. The van der Waals surface area contributed by atoms with Gasteiger partial charge in [-0.1, -0.05) is 109 Å². The second kappa shape index (κ2) is 11.1. The first-order chi connectivity index (χ1) is 24.2. The third-order valence-electron chi connectivity index (χ3n) is 9.60. The third-order valence-corrected chi connectivity index (χ3v) is 9.60. The van der Waals surface area contributed by atoms with Crippen LogP contribution in [0.2, 0.25) is 0 Å². The van der Waals surface area contributed by atoms with Crippen LogP contribution < -0.4 is 0 Å². The van der Waals surface area contributed by atoms with E-state index in [9.17, 15) is 0 Å². The summed E-state index contributed by atoms with van der Waals surface area (Å²) in [6.45, 7) is 0. The number of rotatable bonds is 4. The summed E-state index contributed by atoms with van der Waals surface area (Å²) in [4.78, 5) is 19.9. The number of aryl methyl sites for hydroxylation is 1. The summed E-state index contributed by atoms with van der Waals surface area (Å²) in [5.74, 6) is 2.84. The zero-order valence-corrected chi connectivity index (χ0v) is 26.5. The Balaban J connectivity index is 1.17. The molecule has 0 N–H and O–H groups in total. The summed E-state index contributed by atoms with van der Waals surface area (Å²) < 4.78 is 6.12. The van der Waals surface area contributed by atoms with Crippen molar-refractivity contribution in [1.82, 2.24) is 19.9 Å². The van der Waals surface area contributed by atoms with Gasteiger partial charge in [-0.05, 0) is 81.2 Å². The summed E-state index contributed by atoms with van der Waals surface area (Å²) in [6, 6.07) is 44.5. The van der Waals surface area contributed by atoms with E-state index < -0.39 is 0 Å². The fourth-order valence-corrected chi connectivity index (χ4v) is 7.19. The van der Waals surface area contributed by atoms with Crippen LogP contribution in [0.3, 0.4) is 0 Å². The van der Waals surface area contributed by atoms with Crippen molar-refractivity contribution < 1.29 is 4.42 Å². The molecule has 3 heterocycles. The first-order valence-electron chi connectivity index (χ1n) is 16.6. The van der Waals surface area contributed by atoms with Crippen LogP contribution in [0.1, 0.15) is 17.7 Å². The van der Waals surface area contributed by atoms with Crippen molar-refractivity contribution in [2.75, 3.05) is 0 Å². The van der Waals surface area contributed by atoms with Crippen LogP contribution >= 0.6 is 0 Å². The predicted molar refractivity (Wildman–Crippen MR) is 199 cm³/mol. The second-order valence-corrected chi connectivity index (χ2v) is 12.6. The molecule has 0 aliphatic heterocycles. The van der Waals surface area contributed by atoms with Gasteiger partial charge in [0.05, 0.1) is 5.39 Å². The fourth-order valence-electron chi connectivity index (χ4n) is 7.19. The highest BCUT2D eigenvalue weighted by Crippen LogP contribution is 2.39. The van der Waals surface area contributed by atoms with Crippen molar-refractivity contribution >= 4 is 49.5 Å². The van der Waals surface area contributed by atoms with E-state index in [-0.39, 0.29) is 0 Å². The minimum Gasteiger partial charge on any atom is -0.438 e. The summed E-state index contributed by atoms with van der Waals surface area (Å²) in [7, 11) is 0. The van der Waals surface area contributed by atoms with E-state index in [2.05, 4.69) is 109 Å². The molecule has 230 valence electrons. The third kappa shape index (κ3) is 4.70. The zero-order chi connectivity index (χ0) is 32.3. The first-order valence-corrected chi connectivity index (χ1v) is 16.6. The minimum absolute atomic E-state index is 0.631. The molecule has 0 amide bonds. The van der Waals surface area contributed by atoms with Crippen molar-refractivity contribution in [2.24, 2.45) is 0 Å². The van der Waals surface area contributed by atoms with Crippen LogP contribution in [0.5, 0.6) is 0 Å². The number of allylic oxidation sites excluding steroid dienone is 1. The molecule has 0 spiro atoms. The van der Waals surface area contributed by atoms with Crippen LogP contribution in [0, 0.1) is 0 Å². The monoisotopic (exact) mass is 628 g/mol. The highest BCUT2D eigenvalue weighted by Gasteiger charge is 2.19. The number of nitrogens with zero attached hydrogens (tertiary/aromatic N) is 4. The lowest BCUT2D eigenvalue weighted by Crippen LogP contribution is -2.00. The van der Waals surface area contributed by atoms with Gasteiger partial charge < -0.3 is 4.42 Å². The Hall–Kier alpha value is -6.46. The normalized spacial score (nSPS) is 12.7. The molecule has 0 bridgehead atoms. The molecule has 5 nitrogen and oxygen atoms in total. The average molecular weight is 629 g/mol. The molecule has 0 saturated carbocycles. The fraction of sp³-hybridized carbons (Fsp3) is 0.0455. The maximum atomic E-state index is 6.12. The first kappa shape index (κ1) is 27.6. The molecular formula is C44H28N4O. The van der Waals surface area contributed by atoms with E-state index in [1.165, 1.54) is 16.3 Å². The number of furan rings is 1. The van der Waals surface area contributed by atoms with Gasteiger partial charge in [0, 0.05) is 33.8 Å². The topological polar surface area (TPSA) is 64.7 Å². The van der Waals surface area contributed by atoms with Crippen LogP contribution in [-0.2, 0) is 6.42 Å². The van der Waals surface area contributed by atoms with Gasteiger partial charge in [-0.15, -0.1) is 0 Å². The molecule has 1 aliphatic rings. The Morgan fingerprint density at radius 1 is 0.510 bits per heavy atom. The molecule has 10 rings (SSSR count). The van der Waals surface area contributed by atoms with E-state index >= 15 is 0 Å². The van der Waals surface area contributed by atoms with Crippen LogP contribution in [-0.4, -0.2) is 19.9 Å². The van der Waals surface area contributed by atoms with Gasteiger partial charge in [0.2, 0.25) is 5.71 Å². The van der Waals surface area contributed by atoms with E-state index in [4.69, 9.17) is 24.4 Å². The van der Waals surface area contributed by atoms with Crippen molar-refractivity contribution in [2.45, 2.75) is 12.8 Å². The van der Waals surface area contributed by atoms with Gasteiger partial charge in [-0.2, -0.15) is 0 Å². The second-order valence-electron chi connectivity index (χ2n) is 12.6. The van der Waals surface area contributed by atoms with Crippen molar-refractivity contribution in [3.8, 4) is 45.3 Å². The number of aromatic nitrogens is 4. The maximum absolute atomic E-state index is 6.12. The number of hydrogen-bond donors (Lipinski definition) is 0. The van der Waals surface area contributed by atoms with Crippen LogP contribution in [0.15, 0.2) is 144 Å². The highest BCUT2D eigenvalue weighted by molar-refractivity contribution is 6.09. The standard InChI is InChI=1S/C44H28N4O/c1-2-11-28(12-3-1)41-46-42(32-19-18-27-10-4-5-13-29(27)22-32)48-43(47-41)33-23-30-14-6-7-15-35(30)38(25-33)31-20-21-36-34(24-31)26-45-44-40(36)37-16-8-9-17-39(37)49-44/h1-7,9-15,17-26H,8,16H2. The lowest BCUT2D eigenvalue weighted by atomic mass is 9.93. The SMILES string of the molecule is C1=Cc2oc3ncc4cc(-c5cc(-c6nc(-c7ccccc7)nc(-c7ccc8ccccc8c7)n6)cc6ccccc56)ccc4c3c2CC1. The number of hydrogen-bond acceptors (Lipinski definition) is 5. The molecule has 6 aromatic carbocycles. The van der Waals surface area contributed by atoms with E-state index in [1.54, 1.807) is 0 Å². The van der Waals surface area contributed by atoms with Gasteiger partial charge in [0.15, 0.2) is 17.5 Å². The van der Waals surface area contributed by atoms with E-state index in [0.29, 0.717) is 23.2 Å². The number of pyridine rings is 1. The van der Waals surface area contributed by atoms with Crippen molar-refractivity contribution in [3.05, 3.63) is 151 Å². The highest BCUT2D eigenvalue weighted by atomic mass is 16.3. The molecule has 0 unspecified atom stereocenters. The molecule has 5 heteroatoms. The molecule has 0 fully saturated rings. The Morgan fingerprint density at radius 2 is 1.20 bits per heavy atom. The summed E-state index contributed by atoms with van der Waals surface area (Å²) >= 11 is 0.